The first-order valence-electron chi connectivity index (χ1n) is 6.04. The van der Waals surface area contributed by atoms with E-state index in [-0.39, 0.29) is 0 Å². The molecule has 18 heavy (non-hydrogen) atoms. The molecular weight excluding hydrogens is 222 g/mol. The summed E-state index contributed by atoms with van der Waals surface area (Å²) in [5.74, 6) is 0.330. The molecule has 0 spiro atoms. The van der Waals surface area contributed by atoms with Crippen LogP contribution in [-0.2, 0) is 0 Å². The minimum absolute atomic E-state index is 0.330. The number of aromatic nitrogens is 1. The summed E-state index contributed by atoms with van der Waals surface area (Å²) >= 11 is 0. The van der Waals surface area contributed by atoms with Crippen molar-refractivity contribution in [3.63, 3.8) is 0 Å². The molecule has 0 saturated carbocycles. The van der Waals surface area contributed by atoms with Crippen molar-refractivity contribution in [2.24, 2.45) is 0 Å². The Bertz CT molecular complexity index is 706. The number of phenols is 1. The third-order valence-electron chi connectivity index (χ3n) is 3.39. The van der Waals surface area contributed by atoms with Crippen molar-refractivity contribution in [3.8, 4) is 11.4 Å². The molecule has 0 unspecified atom stereocenters. The van der Waals surface area contributed by atoms with E-state index in [4.69, 9.17) is 0 Å². The highest BCUT2D eigenvalue weighted by Crippen LogP contribution is 2.31. The molecule has 0 amide bonds. The molecule has 0 aliphatic carbocycles. The van der Waals surface area contributed by atoms with Crippen LogP contribution in [0.2, 0.25) is 0 Å². The van der Waals surface area contributed by atoms with Gasteiger partial charge in [-0.3, -0.25) is 0 Å². The predicted molar refractivity (Wildman–Crippen MR) is 74.4 cm³/mol. The van der Waals surface area contributed by atoms with Crippen LogP contribution in [0.25, 0.3) is 16.5 Å². The number of aromatic hydroxyl groups is 1. The smallest absolute Gasteiger partial charge is 0.123 e. The maximum absolute atomic E-state index is 9.92. The van der Waals surface area contributed by atoms with E-state index < -0.39 is 0 Å². The molecule has 1 aromatic heterocycles. The zero-order valence-electron chi connectivity index (χ0n) is 10.5. The molecule has 2 heteroatoms. The van der Waals surface area contributed by atoms with Crippen LogP contribution in [0.4, 0.5) is 0 Å². The lowest BCUT2D eigenvalue weighted by Crippen LogP contribution is -1.99. The van der Waals surface area contributed by atoms with E-state index in [1.807, 2.05) is 30.3 Å². The fraction of sp³-hybridized carbons (Fsp3) is 0.125. The van der Waals surface area contributed by atoms with Gasteiger partial charge < -0.3 is 9.67 Å². The van der Waals surface area contributed by atoms with Gasteiger partial charge in [0, 0.05) is 22.2 Å². The SMILES string of the molecule is Cc1ccc(C)n1-c1ccc(O)c2ccccc12. The summed E-state index contributed by atoms with van der Waals surface area (Å²) < 4.78 is 2.21. The second-order valence-corrected chi connectivity index (χ2v) is 4.60. The Morgan fingerprint density at radius 2 is 1.39 bits per heavy atom. The number of phenolic OH excluding ortho intramolecular Hbond substituents is 1. The molecule has 0 aliphatic heterocycles. The predicted octanol–water partition coefficient (Wildman–Crippen LogP) is 3.95. The summed E-state index contributed by atoms with van der Waals surface area (Å²) in [5, 5.41) is 11.9. The number of nitrogens with zero attached hydrogens (tertiary/aromatic N) is 1. The average Bonchev–Trinajstić information content (AvgIpc) is 2.71. The van der Waals surface area contributed by atoms with Gasteiger partial charge in [0.15, 0.2) is 0 Å². The van der Waals surface area contributed by atoms with Crippen molar-refractivity contribution < 1.29 is 5.11 Å². The Hall–Kier alpha value is -2.22. The lowest BCUT2D eigenvalue weighted by molar-refractivity contribution is 0.481. The van der Waals surface area contributed by atoms with Crippen LogP contribution < -0.4 is 0 Å². The molecule has 0 bridgehead atoms. The number of hydrogen-bond donors (Lipinski definition) is 1. The van der Waals surface area contributed by atoms with Gasteiger partial charge in [-0.25, -0.2) is 0 Å². The van der Waals surface area contributed by atoms with E-state index in [1.54, 1.807) is 6.07 Å². The lowest BCUT2D eigenvalue weighted by atomic mass is 10.1. The minimum Gasteiger partial charge on any atom is -0.507 e. The van der Waals surface area contributed by atoms with Crippen molar-refractivity contribution in [2.45, 2.75) is 13.8 Å². The van der Waals surface area contributed by atoms with Crippen molar-refractivity contribution in [1.29, 1.82) is 0 Å². The summed E-state index contributed by atoms with van der Waals surface area (Å²) in [6, 6.07) is 15.9. The van der Waals surface area contributed by atoms with Gasteiger partial charge >= 0.3 is 0 Å². The number of fused-ring (bicyclic) bond motifs is 1. The standard InChI is InChI=1S/C16H15NO/c1-11-7-8-12(2)17(11)15-9-10-16(18)14-6-4-3-5-13(14)15/h3-10,18H,1-2H3. The van der Waals surface area contributed by atoms with Crippen LogP contribution in [0.15, 0.2) is 48.5 Å². The molecule has 3 aromatic rings. The Morgan fingerprint density at radius 1 is 0.778 bits per heavy atom. The first-order chi connectivity index (χ1) is 8.68. The summed E-state index contributed by atoms with van der Waals surface area (Å²) in [7, 11) is 0. The largest absolute Gasteiger partial charge is 0.507 e. The highest BCUT2D eigenvalue weighted by molar-refractivity contribution is 5.94. The van der Waals surface area contributed by atoms with Gasteiger partial charge in [-0.2, -0.15) is 0 Å². The van der Waals surface area contributed by atoms with E-state index >= 15 is 0 Å². The fourth-order valence-electron chi connectivity index (χ4n) is 2.51. The molecule has 0 fully saturated rings. The monoisotopic (exact) mass is 237 g/mol. The number of rotatable bonds is 1. The van der Waals surface area contributed by atoms with Crippen LogP contribution in [0, 0.1) is 13.8 Å². The summed E-state index contributed by atoms with van der Waals surface area (Å²) in [4.78, 5) is 0. The van der Waals surface area contributed by atoms with Crippen LogP contribution in [-0.4, -0.2) is 9.67 Å². The van der Waals surface area contributed by atoms with Crippen LogP contribution >= 0.6 is 0 Å². The highest BCUT2D eigenvalue weighted by atomic mass is 16.3. The third kappa shape index (κ3) is 1.50. The van der Waals surface area contributed by atoms with Gasteiger partial charge in [0.25, 0.3) is 0 Å². The molecule has 1 N–H and O–H groups in total. The number of hydrogen-bond acceptors (Lipinski definition) is 1. The molecule has 3 rings (SSSR count). The van der Waals surface area contributed by atoms with E-state index in [1.165, 1.54) is 11.4 Å². The van der Waals surface area contributed by atoms with Gasteiger partial charge in [0.2, 0.25) is 0 Å². The molecule has 0 radical (unpaired) electrons. The molecule has 2 nitrogen and oxygen atoms in total. The molecule has 0 aliphatic rings. The Kier molecular flexibility index (Phi) is 2.37. The van der Waals surface area contributed by atoms with Crippen LogP contribution in [0.3, 0.4) is 0 Å². The lowest BCUT2D eigenvalue weighted by Gasteiger charge is -2.13. The van der Waals surface area contributed by atoms with E-state index in [0.717, 1.165) is 16.5 Å². The van der Waals surface area contributed by atoms with Crippen LogP contribution in [0.1, 0.15) is 11.4 Å². The number of aryl methyl sites for hydroxylation is 2. The highest BCUT2D eigenvalue weighted by Gasteiger charge is 2.09. The first kappa shape index (κ1) is 10.9. The van der Waals surface area contributed by atoms with Gasteiger partial charge in [-0.15, -0.1) is 0 Å². The second kappa shape index (κ2) is 3.91. The maximum Gasteiger partial charge on any atom is 0.123 e. The average molecular weight is 237 g/mol. The Labute approximate surface area is 106 Å². The van der Waals surface area contributed by atoms with Crippen molar-refractivity contribution in [2.75, 3.05) is 0 Å². The molecule has 0 saturated heterocycles. The molecule has 90 valence electrons. The molecule has 0 atom stereocenters. The van der Waals surface area contributed by atoms with E-state index in [0.29, 0.717) is 5.75 Å². The van der Waals surface area contributed by atoms with Crippen LogP contribution in [0.5, 0.6) is 5.75 Å². The van der Waals surface area contributed by atoms with Crippen molar-refractivity contribution >= 4 is 10.8 Å². The molecule has 1 heterocycles. The van der Waals surface area contributed by atoms with Gasteiger partial charge in [0.1, 0.15) is 5.75 Å². The van der Waals surface area contributed by atoms with E-state index in [2.05, 4.69) is 30.5 Å². The van der Waals surface area contributed by atoms with Gasteiger partial charge in [-0.1, -0.05) is 24.3 Å². The van der Waals surface area contributed by atoms with Gasteiger partial charge in [-0.05, 0) is 38.1 Å². The summed E-state index contributed by atoms with van der Waals surface area (Å²) in [6.45, 7) is 4.18. The Balaban J connectivity index is 2.41. The molecule has 2 aromatic carbocycles. The summed E-state index contributed by atoms with van der Waals surface area (Å²) in [6.07, 6.45) is 0. The summed E-state index contributed by atoms with van der Waals surface area (Å²) in [5.41, 5.74) is 3.51. The Morgan fingerprint density at radius 3 is 2.06 bits per heavy atom. The van der Waals surface area contributed by atoms with Crippen molar-refractivity contribution in [1.82, 2.24) is 4.57 Å². The second-order valence-electron chi connectivity index (χ2n) is 4.60. The van der Waals surface area contributed by atoms with E-state index in [9.17, 15) is 5.11 Å². The normalized spacial score (nSPS) is 11.0. The third-order valence-corrected chi connectivity index (χ3v) is 3.39. The zero-order chi connectivity index (χ0) is 12.7. The van der Waals surface area contributed by atoms with Crippen molar-refractivity contribution in [3.05, 3.63) is 59.9 Å². The molecular formula is C16H15NO. The number of benzene rings is 2. The zero-order valence-corrected chi connectivity index (χ0v) is 10.5. The quantitative estimate of drug-likeness (QED) is 0.681. The maximum atomic E-state index is 9.92. The minimum atomic E-state index is 0.330. The van der Waals surface area contributed by atoms with Gasteiger partial charge in [0.05, 0.1) is 5.69 Å². The fourth-order valence-corrected chi connectivity index (χ4v) is 2.51. The topological polar surface area (TPSA) is 25.2 Å². The first-order valence-corrected chi connectivity index (χ1v) is 6.04.